The van der Waals surface area contributed by atoms with Gasteiger partial charge in [0, 0.05) is 13.2 Å². The minimum Gasteiger partial charge on any atom is -0.465 e. The van der Waals surface area contributed by atoms with E-state index >= 15 is 0 Å². The van der Waals surface area contributed by atoms with Crippen molar-refractivity contribution < 1.29 is 14.3 Å². The van der Waals surface area contributed by atoms with Crippen LogP contribution in [0.1, 0.15) is 65.7 Å². The highest BCUT2D eigenvalue weighted by Gasteiger charge is 2.32. The molecule has 1 atom stereocenters. The molecule has 0 fully saturated rings. The highest BCUT2D eigenvalue weighted by molar-refractivity contribution is 5.80. The smallest absolute Gasteiger partial charge is 0.326 e. The number of likely N-dealkylation sites (N-methyl/N-ethyl adjacent to an activating group) is 1. The number of ether oxygens (including phenoxy) is 2. The van der Waals surface area contributed by atoms with Crippen molar-refractivity contribution in [1.29, 1.82) is 0 Å². The van der Waals surface area contributed by atoms with Gasteiger partial charge in [-0.25, -0.2) is 0 Å². The normalized spacial score (nSPS) is 14.0. The fourth-order valence-corrected chi connectivity index (χ4v) is 2.04. The van der Waals surface area contributed by atoms with Crippen molar-refractivity contribution in [2.45, 2.75) is 71.3 Å². The van der Waals surface area contributed by atoms with E-state index in [4.69, 9.17) is 9.47 Å². The van der Waals surface area contributed by atoms with Gasteiger partial charge >= 0.3 is 5.97 Å². The van der Waals surface area contributed by atoms with Gasteiger partial charge in [-0.05, 0) is 46.6 Å². The number of unbranched alkanes of at least 4 members (excludes halogenated alkanes) is 4. The van der Waals surface area contributed by atoms with Crippen LogP contribution in [0, 0.1) is 0 Å². The van der Waals surface area contributed by atoms with E-state index in [-0.39, 0.29) is 5.97 Å². The monoisotopic (exact) mass is 287 g/mol. The molecule has 1 unspecified atom stereocenters. The SMILES string of the molecule is CCCCCCOCCCCC(C)(NC)C(=O)OCC. The van der Waals surface area contributed by atoms with E-state index in [1.54, 1.807) is 7.05 Å². The van der Waals surface area contributed by atoms with Crippen LogP contribution in [0.5, 0.6) is 0 Å². The van der Waals surface area contributed by atoms with Crippen molar-refractivity contribution in [1.82, 2.24) is 5.32 Å². The predicted molar refractivity (Wildman–Crippen MR) is 82.9 cm³/mol. The Labute approximate surface area is 124 Å². The van der Waals surface area contributed by atoms with Crippen LogP contribution in [0.2, 0.25) is 0 Å². The summed E-state index contributed by atoms with van der Waals surface area (Å²) in [6.07, 6.45) is 7.71. The highest BCUT2D eigenvalue weighted by Crippen LogP contribution is 2.15. The average molecular weight is 287 g/mol. The van der Waals surface area contributed by atoms with E-state index < -0.39 is 5.54 Å². The van der Waals surface area contributed by atoms with Gasteiger partial charge in [0.25, 0.3) is 0 Å². The topological polar surface area (TPSA) is 47.6 Å². The first-order chi connectivity index (χ1) is 9.60. The summed E-state index contributed by atoms with van der Waals surface area (Å²) in [6.45, 7) is 8.02. The molecule has 0 amide bonds. The van der Waals surface area contributed by atoms with Crippen LogP contribution in [0.15, 0.2) is 0 Å². The first-order valence-corrected chi connectivity index (χ1v) is 8.04. The first-order valence-electron chi connectivity index (χ1n) is 8.04. The van der Waals surface area contributed by atoms with E-state index in [1.807, 2.05) is 13.8 Å². The van der Waals surface area contributed by atoms with E-state index in [0.717, 1.165) is 38.9 Å². The summed E-state index contributed by atoms with van der Waals surface area (Å²) in [5.74, 6) is -0.164. The van der Waals surface area contributed by atoms with Crippen molar-refractivity contribution in [2.75, 3.05) is 26.9 Å². The van der Waals surface area contributed by atoms with Crippen molar-refractivity contribution >= 4 is 5.97 Å². The van der Waals surface area contributed by atoms with Gasteiger partial charge in [-0.1, -0.05) is 26.2 Å². The Morgan fingerprint density at radius 2 is 1.70 bits per heavy atom. The zero-order valence-corrected chi connectivity index (χ0v) is 13.8. The van der Waals surface area contributed by atoms with Crippen LogP contribution in [-0.4, -0.2) is 38.4 Å². The molecule has 0 radical (unpaired) electrons. The molecule has 0 aromatic rings. The van der Waals surface area contributed by atoms with E-state index in [1.165, 1.54) is 19.3 Å². The van der Waals surface area contributed by atoms with Gasteiger partial charge in [0.05, 0.1) is 6.61 Å². The summed E-state index contributed by atoms with van der Waals surface area (Å²) < 4.78 is 10.7. The largest absolute Gasteiger partial charge is 0.465 e. The number of carbonyl (C=O) groups excluding carboxylic acids is 1. The van der Waals surface area contributed by atoms with Crippen LogP contribution in [0.25, 0.3) is 0 Å². The van der Waals surface area contributed by atoms with Gasteiger partial charge in [-0.15, -0.1) is 0 Å². The Morgan fingerprint density at radius 3 is 2.25 bits per heavy atom. The second kappa shape index (κ2) is 12.2. The molecule has 0 heterocycles. The molecule has 0 aliphatic rings. The molecule has 4 nitrogen and oxygen atoms in total. The fourth-order valence-electron chi connectivity index (χ4n) is 2.04. The molecule has 4 heteroatoms. The summed E-state index contributed by atoms with van der Waals surface area (Å²) in [5, 5.41) is 3.07. The second-order valence-electron chi connectivity index (χ2n) is 5.43. The van der Waals surface area contributed by atoms with E-state index in [9.17, 15) is 4.79 Å². The quantitative estimate of drug-likeness (QED) is 0.417. The minimum atomic E-state index is -0.572. The van der Waals surface area contributed by atoms with Gasteiger partial charge in [-0.2, -0.15) is 0 Å². The second-order valence-corrected chi connectivity index (χ2v) is 5.43. The Hall–Kier alpha value is -0.610. The molecule has 0 aromatic heterocycles. The summed E-state index contributed by atoms with van der Waals surface area (Å²) >= 11 is 0. The standard InChI is InChI=1S/C16H33NO3/c1-5-7-8-10-13-19-14-11-9-12-16(3,17-4)15(18)20-6-2/h17H,5-14H2,1-4H3. The summed E-state index contributed by atoms with van der Waals surface area (Å²) in [5.41, 5.74) is -0.572. The van der Waals surface area contributed by atoms with Gasteiger partial charge in [-0.3, -0.25) is 4.79 Å². The van der Waals surface area contributed by atoms with Crippen LogP contribution in [0.3, 0.4) is 0 Å². The number of carbonyl (C=O) groups is 1. The Bertz CT molecular complexity index is 246. The highest BCUT2D eigenvalue weighted by atomic mass is 16.5. The van der Waals surface area contributed by atoms with Gasteiger partial charge < -0.3 is 14.8 Å². The van der Waals surface area contributed by atoms with Crippen LogP contribution < -0.4 is 5.32 Å². The third-order valence-corrected chi connectivity index (χ3v) is 3.64. The van der Waals surface area contributed by atoms with Crippen LogP contribution >= 0.6 is 0 Å². The molecule has 0 aliphatic heterocycles. The van der Waals surface area contributed by atoms with Crippen LogP contribution in [0.4, 0.5) is 0 Å². The minimum absolute atomic E-state index is 0.164. The fraction of sp³-hybridized carbons (Fsp3) is 0.938. The van der Waals surface area contributed by atoms with Crippen molar-refractivity contribution in [3.05, 3.63) is 0 Å². The zero-order chi connectivity index (χ0) is 15.3. The van der Waals surface area contributed by atoms with Gasteiger partial charge in [0.15, 0.2) is 0 Å². The molecule has 0 saturated carbocycles. The van der Waals surface area contributed by atoms with E-state index in [0.29, 0.717) is 6.61 Å². The maximum Gasteiger partial charge on any atom is 0.326 e. The predicted octanol–water partition coefficient (Wildman–Crippen LogP) is 3.29. The third-order valence-electron chi connectivity index (χ3n) is 3.64. The van der Waals surface area contributed by atoms with Gasteiger partial charge in [0.2, 0.25) is 0 Å². The number of hydrogen-bond donors (Lipinski definition) is 1. The summed E-state index contributed by atoms with van der Waals surface area (Å²) in [4.78, 5) is 11.8. The molecule has 120 valence electrons. The molecule has 0 aromatic carbocycles. The first kappa shape index (κ1) is 19.4. The molecule has 0 rings (SSSR count). The third kappa shape index (κ3) is 8.54. The number of nitrogens with one attached hydrogen (secondary N) is 1. The summed E-state index contributed by atoms with van der Waals surface area (Å²) in [7, 11) is 1.81. The van der Waals surface area contributed by atoms with Crippen LogP contribution in [-0.2, 0) is 14.3 Å². The lowest BCUT2D eigenvalue weighted by molar-refractivity contribution is -0.150. The Morgan fingerprint density at radius 1 is 1.05 bits per heavy atom. The lowest BCUT2D eigenvalue weighted by Gasteiger charge is -2.26. The average Bonchev–Trinajstić information content (AvgIpc) is 2.45. The zero-order valence-electron chi connectivity index (χ0n) is 13.8. The molecular formula is C16H33NO3. The molecule has 0 aliphatic carbocycles. The molecule has 20 heavy (non-hydrogen) atoms. The van der Waals surface area contributed by atoms with Gasteiger partial charge in [0.1, 0.15) is 5.54 Å². The Kier molecular flexibility index (Phi) is 11.8. The molecular weight excluding hydrogens is 254 g/mol. The van der Waals surface area contributed by atoms with Crippen molar-refractivity contribution in [2.24, 2.45) is 0 Å². The lowest BCUT2D eigenvalue weighted by Crippen LogP contribution is -2.48. The van der Waals surface area contributed by atoms with E-state index in [2.05, 4.69) is 12.2 Å². The maximum atomic E-state index is 11.8. The molecule has 0 spiro atoms. The number of hydrogen-bond acceptors (Lipinski definition) is 4. The number of esters is 1. The Balaban J connectivity index is 3.63. The van der Waals surface area contributed by atoms with Crippen molar-refractivity contribution in [3.63, 3.8) is 0 Å². The molecule has 0 bridgehead atoms. The summed E-state index contributed by atoms with van der Waals surface area (Å²) in [6, 6.07) is 0. The van der Waals surface area contributed by atoms with Crippen molar-refractivity contribution in [3.8, 4) is 0 Å². The number of rotatable bonds is 13. The maximum absolute atomic E-state index is 11.8. The lowest BCUT2D eigenvalue weighted by atomic mass is 9.95. The molecule has 1 N–H and O–H groups in total. The molecule has 0 saturated heterocycles.